The monoisotopic (exact) mass is 293 g/mol. The molecule has 5 nitrogen and oxygen atoms in total. The summed E-state index contributed by atoms with van der Waals surface area (Å²) in [5.41, 5.74) is 0.917. The van der Waals surface area contributed by atoms with Gasteiger partial charge in [-0.15, -0.1) is 0 Å². The summed E-state index contributed by atoms with van der Waals surface area (Å²) in [4.78, 5) is 18.5. The number of carbonyl (C=O) groups excluding carboxylic acids is 1. The minimum absolute atomic E-state index is 0.135. The second kappa shape index (κ2) is 4.55. The molecule has 0 saturated carbocycles. The maximum atomic E-state index is 11.6. The number of hydrogen-bond acceptors (Lipinski definition) is 4. The normalized spacial score (nSPS) is 10.2. The summed E-state index contributed by atoms with van der Waals surface area (Å²) >= 11 is 3.33. The van der Waals surface area contributed by atoms with Gasteiger partial charge in [0.05, 0.1) is 12.1 Å². The number of ether oxygens (including phenoxy) is 1. The maximum absolute atomic E-state index is 11.6. The highest BCUT2D eigenvalue weighted by molar-refractivity contribution is 9.10. The van der Waals surface area contributed by atoms with Gasteiger partial charge in [0.2, 0.25) is 0 Å². The van der Waals surface area contributed by atoms with Crippen LogP contribution in [-0.4, -0.2) is 22.5 Å². The summed E-state index contributed by atoms with van der Waals surface area (Å²) < 4.78 is 5.63. The largest absolute Gasteiger partial charge is 0.461 e. The fourth-order valence-corrected chi connectivity index (χ4v) is 1.91. The Kier molecular flexibility index (Phi) is 3.11. The van der Waals surface area contributed by atoms with Gasteiger partial charge in [-0.25, -0.2) is 9.78 Å². The van der Waals surface area contributed by atoms with Crippen LogP contribution in [0.15, 0.2) is 16.7 Å². The van der Waals surface area contributed by atoms with Crippen molar-refractivity contribution in [3.8, 4) is 6.07 Å². The molecule has 0 aliphatic rings. The summed E-state index contributed by atoms with van der Waals surface area (Å²) in [6, 6.07) is 3.54. The zero-order chi connectivity index (χ0) is 12.4. The number of halogens is 1. The number of nitrogens with zero attached hydrogens (tertiary/aromatic N) is 2. The molecule has 2 aromatic rings. The Hall–Kier alpha value is -1.87. The van der Waals surface area contributed by atoms with Crippen LogP contribution in [0.4, 0.5) is 0 Å². The van der Waals surface area contributed by atoms with E-state index in [1.807, 2.05) is 6.07 Å². The van der Waals surface area contributed by atoms with Crippen LogP contribution in [0.25, 0.3) is 10.9 Å². The van der Waals surface area contributed by atoms with Crippen LogP contribution >= 0.6 is 15.9 Å². The summed E-state index contributed by atoms with van der Waals surface area (Å²) in [7, 11) is 0. The van der Waals surface area contributed by atoms with Crippen molar-refractivity contribution in [3.63, 3.8) is 0 Å². The van der Waals surface area contributed by atoms with Crippen molar-refractivity contribution >= 4 is 32.8 Å². The number of pyridine rings is 1. The number of esters is 1. The van der Waals surface area contributed by atoms with Crippen molar-refractivity contribution in [1.82, 2.24) is 9.97 Å². The number of hydrogen-bond donors (Lipinski definition) is 1. The summed E-state index contributed by atoms with van der Waals surface area (Å²) in [5, 5.41) is 9.72. The first-order valence-corrected chi connectivity index (χ1v) is 5.71. The Morgan fingerprint density at radius 3 is 3.12 bits per heavy atom. The van der Waals surface area contributed by atoms with Gasteiger partial charge in [0.15, 0.2) is 11.4 Å². The molecule has 2 aromatic heterocycles. The Labute approximate surface area is 106 Å². The molecule has 17 heavy (non-hydrogen) atoms. The van der Waals surface area contributed by atoms with Crippen molar-refractivity contribution in [3.05, 3.63) is 28.1 Å². The molecule has 0 spiro atoms. The van der Waals surface area contributed by atoms with E-state index in [0.717, 1.165) is 9.86 Å². The molecule has 6 heteroatoms. The van der Waals surface area contributed by atoms with Crippen molar-refractivity contribution < 1.29 is 9.53 Å². The molecule has 1 N–H and O–H groups in total. The quantitative estimate of drug-likeness (QED) is 0.862. The van der Waals surface area contributed by atoms with Crippen LogP contribution in [0.5, 0.6) is 0 Å². The molecule has 0 atom stereocenters. The lowest BCUT2D eigenvalue weighted by molar-refractivity contribution is 0.0519. The highest BCUT2D eigenvalue weighted by Crippen LogP contribution is 2.25. The van der Waals surface area contributed by atoms with Gasteiger partial charge in [0.1, 0.15) is 6.07 Å². The first kappa shape index (κ1) is 11.6. The van der Waals surface area contributed by atoms with E-state index in [9.17, 15) is 4.79 Å². The molecular formula is C11H8BrN3O2. The van der Waals surface area contributed by atoms with E-state index >= 15 is 0 Å². The maximum Gasteiger partial charge on any atom is 0.356 e. The minimum atomic E-state index is -0.529. The third kappa shape index (κ3) is 2.01. The van der Waals surface area contributed by atoms with Gasteiger partial charge in [0.25, 0.3) is 0 Å². The SMILES string of the molecule is CCOC(=O)c1cc2c(Br)c[nH]c2c(C#N)n1. The number of aromatic nitrogens is 2. The molecule has 86 valence electrons. The van der Waals surface area contributed by atoms with Crippen LogP contribution < -0.4 is 0 Å². The summed E-state index contributed by atoms with van der Waals surface area (Å²) in [6.45, 7) is 1.99. The van der Waals surface area contributed by atoms with E-state index < -0.39 is 5.97 Å². The lowest BCUT2D eigenvalue weighted by Crippen LogP contribution is -2.08. The number of nitrogens with one attached hydrogen (secondary N) is 1. The third-order valence-electron chi connectivity index (χ3n) is 2.21. The third-order valence-corrected chi connectivity index (χ3v) is 2.87. The number of nitriles is 1. The smallest absolute Gasteiger partial charge is 0.356 e. The lowest BCUT2D eigenvalue weighted by Gasteiger charge is -2.02. The first-order valence-electron chi connectivity index (χ1n) is 4.92. The molecule has 0 aliphatic carbocycles. The molecule has 2 rings (SSSR count). The van der Waals surface area contributed by atoms with Crippen molar-refractivity contribution in [2.75, 3.05) is 6.61 Å². The average Bonchev–Trinajstić information content (AvgIpc) is 2.70. The van der Waals surface area contributed by atoms with Gasteiger partial charge in [-0.2, -0.15) is 5.26 Å². The van der Waals surface area contributed by atoms with E-state index in [0.29, 0.717) is 5.52 Å². The van der Waals surface area contributed by atoms with Gasteiger partial charge in [-0.1, -0.05) is 0 Å². The molecule has 0 aliphatic heterocycles. The molecule has 0 radical (unpaired) electrons. The van der Waals surface area contributed by atoms with Crippen LogP contribution in [0.1, 0.15) is 23.1 Å². The molecule has 0 saturated heterocycles. The number of aromatic amines is 1. The van der Waals surface area contributed by atoms with Gasteiger partial charge in [0, 0.05) is 16.1 Å². The molecule has 0 aromatic carbocycles. The highest BCUT2D eigenvalue weighted by Gasteiger charge is 2.15. The lowest BCUT2D eigenvalue weighted by atomic mass is 10.2. The van der Waals surface area contributed by atoms with Crippen molar-refractivity contribution in [2.45, 2.75) is 6.92 Å². The van der Waals surface area contributed by atoms with E-state index in [1.165, 1.54) is 0 Å². The van der Waals surface area contributed by atoms with Gasteiger partial charge < -0.3 is 9.72 Å². The molecule has 0 bridgehead atoms. The summed E-state index contributed by atoms with van der Waals surface area (Å²) in [5.74, 6) is -0.529. The molecule has 0 unspecified atom stereocenters. The molecule has 2 heterocycles. The Bertz CT molecular complexity index is 627. The molecular weight excluding hydrogens is 286 g/mol. The van der Waals surface area contributed by atoms with Crippen LogP contribution in [0.3, 0.4) is 0 Å². The molecule has 0 amide bonds. The van der Waals surface area contributed by atoms with Crippen molar-refractivity contribution in [2.24, 2.45) is 0 Å². The second-order valence-corrected chi connectivity index (χ2v) is 4.10. The Balaban J connectivity index is 2.63. The van der Waals surface area contributed by atoms with Gasteiger partial charge >= 0.3 is 5.97 Å². The van der Waals surface area contributed by atoms with E-state index in [1.54, 1.807) is 19.2 Å². The van der Waals surface area contributed by atoms with Crippen LogP contribution in [0.2, 0.25) is 0 Å². The minimum Gasteiger partial charge on any atom is -0.461 e. The zero-order valence-corrected chi connectivity index (χ0v) is 10.5. The summed E-state index contributed by atoms with van der Waals surface area (Å²) in [6.07, 6.45) is 1.70. The predicted octanol–water partition coefficient (Wildman–Crippen LogP) is 2.37. The predicted molar refractivity (Wildman–Crippen MR) is 64.5 cm³/mol. The number of carbonyl (C=O) groups is 1. The standard InChI is InChI=1S/C11H8BrN3O2/c1-2-17-11(16)8-3-6-7(12)5-14-10(6)9(4-13)15-8/h3,5,14H,2H2,1H3. The highest BCUT2D eigenvalue weighted by atomic mass is 79.9. The van der Waals surface area contributed by atoms with Gasteiger partial charge in [-0.3, -0.25) is 0 Å². The van der Waals surface area contributed by atoms with E-state index in [2.05, 4.69) is 25.9 Å². The van der Waals surface area contributed by atoms with E-state index in [4.69, 9.17) is 10.00 Å². The number of H-pyrrole nitrogens is 1. The fourth-order valence-electron chi connectivity index (χ4n) is 1.48. The van der Waals surface area contributed by atoms with Crippen molar-refractivity contribution in [1.29, 1.82) is 5.26 Å². The Morgan fingerprint density at radius 2 is 2.47 bits per heavy atom. The van der Waals surface area contributed by atoms with Crippen LogP contribution in [-0.2, 0) is 4.74 Å². The average molecular weight is 294 g/mol. The second-order valence-electron chi connectivity index (χ2n) is 3.25. The number of rotatable bonds is 2. The Morgan fingerprint density at radius 1 is 1.71 bits per heavy atom. The topological polar surface area (TPSA) is 78.8 Å². The number of fused-ring (bicyclic) bond motifs is 1. The fraction of sp³-hybridized carbons (Fsp3) is 0.182. The van der Waals surface area contributed by atoms with Gasteiger partial charge in [-0.05, 0) is 28.9 Å². The van der Waals surface area contributed by atoms with E-state index in [-0.39, 0.29) is 18.0 Å². The molecule has 0 fully saturated rings. The zero-order valence-electron chi connectivity index (χ0n) is 8.95. The van der Waals surface area contributed by atoms with Crippen LogP contribution in [0, 0.1) is 11.3 Å². The first-order chi connectivity index (χ1) is 8.17.